The van der Waals surface area contributed by atoms with Crippen molar-refractivity contribution in [2.24, 2.45) is 0 Å². The molecular weight excluding hydrogens is 473 g/mol. The zero-order chi connectivity index (χ0) is 25.8. The van der Waals surface area contributed by atoms with Gasteiger partial charge in [-0.25, -0.2) is 9.07 Å². The average Bonchev–Trinajstić information content (AvgIpc) is 3.58. The molecule has 0 saturated heterocycles. The molecule has 186 valence electrons. The summed E-state index contributed by atoms with van der Waals surface area (Å²) in [5.41, 5.74) is 2.55. The first-order valence-electron chi connectivity index (χ1n) is 11.7. The molecule has 0 fully saturated rings. The number of fused-ring (bicyclic) bond motifs is 1. The fourth-order valence-corrected chi connectivity index (χ4v) is 4.14. The van der Waals surface area contributed by atoms with E-state index in [1.54, 1.807) is 61.5 Å². The Labute approximate surface area is 212 Å². The predicted molar refractivity (Wildman–Crippen MR) is 136 cm³/mol. The molecule has 0 spiro atoms. The number of aryl methyl sites for hydroxylation is 1. The molecule has 8 nitrogen and oxygen atoms in total. The molecule has 37 heavy (non-hydrogen) atoms. The van der Waals surface area contributed by atoms with Gasteiger partial charge in [0.1, 0.15) is 29.7 Å². The van der Waals surface area contributed by atoms with Crippen LogP contribution in [0.25, 0.3) is 11.0 Å². The maximum absolute atomic E-state index is 14.7. The van der Waals surface area contributed by atoms with Gasteiger partial charge in [0.05, 0.1) is 18.3 Å². The van der Waals surface area contributed by atoms with E-state index in [0.717, 1.165) is 0 Å². The van der Waals surface area contributed by atoms with Gasteiger partial charge in [-0.05, 0) is 54.4 Å². The van der Waals surface area contributed by atoms with Crippen LogP contribution in [-0.2, 0) is 22.7 Å². The number of rotatable bonds is 8. The Morgan fingerprint density at radius 2 is 1.81 bits per heavy atom. The van der Waals surface area contributed by atoms with Crippen molar-refractivity contribution in [3.8, 4) is 0 Å². The minimum absolute atomic E-state index is 0.132. The number of aromatic nitrogens is 3. The highest BCUT2D eigenvalue weighted by atomic mass is 19.1. The second kappa shape index (κ2) is 10.4. The molecule has 9 heteroatoms. The summed E-state index contributed by atoms with van der Waals surface area (Å²) in [6, 6.07) is 23.0. The van der Waals surface area contributed by atoms with E-state index >= 15 is 0 Å². The van der Waals surface area contributed by atoms with Gasteiger partial charge in [-0.3, -0.25) is 14.5 Å². The Hall–Kier alpha value is -4.79. The van der Waals surface area contributed by atoms with E-state index in [1.807, 2.05) is 24.3 Å². The fourth-order valence-electron chi connectivity index (χ4n) is 4.14. The maximum atomic E-state index is 14.7. The van der Waals surface area contributed by atoms with Crippen LogP contribution in [0.5, 0.6) is 0 Å². The minimum atomic E-state index is -1.08. The topological polar surface area (TPSA) is 93.3 Å². The number of nitrogens with one attached hydrogen (secondary N) is 1. The van der Waals surface area contributed by atoms with Gasteiger partial charge < -0.3 is 9.73 Å². The minimum Gasteiger partial charge on any atom is -0.467 e. The molecule has 0 radical (unpaired) electrons. The first-order valence-corrected chi connectivity index (χ1v) is 11.7. The van der Waals surface area contributed by atoms with E-state index in [9.17, 15) is 14.0 Å². The fraction of sp³-hybridized carbons (Fsp3) is 0.143. The number of halogens is 1. The summed E-state index contributed by atoms with van der Waals surface area (Å²) < 4.78 is 21.5. The van der Waals surface area contributed by atoms with Gasteiger partial charge >= 0.3 is 0 Å². The molecule has 2 amide bonds. The number of hydrogen-bond acceptors (Lipinski definition) is 5. The molecule has 0 unspecified atom stereocenters. The number of benzene rings is 3. The number of anilines is 1. The normalized spacial score (nSPS) is 11.8. The average molecular weight is 498 g/mol. The lowest BCUT2D eigenvalue weighted by molar-refractivity contribution is -0.127. The Balaban J connectivity index is 1.56. The Bertz CT molecular complexity index is 1530. The van der Waals surface area contributed by atoms with Crippen LogP contribution < -0.4 is 10.2 Å². The van der Waals surface area contributed by atoms with E-state index in [4.69, 9.17) is 4.42 Å². The SMILES string of the molecule is Cc1ccc(N(C(=O)Cn2nnc3ccccc32)[C@H](C(=O)NCc2ccco2)c2ccccc2)cc1F. The highest BCUT2D eigenvalue weighted by molar-refractivity contribution is 6.01. The van der Waals surface area contributed by atoms with Crippen molar-refractivity contribution in [3.63, 3.8) is 0 Å². The highest BCUT2D eigenvalue weighted by Gasteiger charge is 2.33. The van der Waals surface area contributed by atoms with Crippen LogP contribution in [0.15, 0.2) is 95.6 Å². The summed E-state index contributed by atoms with van der Waals surface area (Å²) in [4.78, 5) is 28.9. The zero-order valence-corrected chi connectivity index (χ0v) is 20.0. The Morgan fingerprint density at radius 1 is 1.03 bits per heavy atom. The van der Waals surface area contributed by atoms with E-state index in [-0.39, 0.29) is 18.8 Å². The van der Waals surface area contributed by atoms with Gasteiger partial charge in [0.25, 0.3) is 0 Å². The molecule has 0 bridgehead atoms. The van der Waals surface area contributed by atoms with E-state index < -0.39 is 23.7 Å². The van der Waals surface area contributed by atoms with Crippen LogP contribution in [-0.4, -0.2) is 26.8 Å². The van der Waals surface area contributed by atoms with Crippen molar-refractivity contribution in [1.82, 2.24) is 20.3 Å². The second-order valence-electron chi connectivity index (χ2n) is 8.54. The molecule has 1 atom stereocenters. The number of carbonyl (C=O) groups is 2. The summed E-state index contributed by atoms with van der Waals surface area (Å²) in [5, 5.41) is 11.1. The smallest absolute Gasteiger partial charge is 0.249 e. The monoisotopic (exact) mass is 497 g/mol. The van der Waals surface area contributed by atoms with Crippen molar-refractivity contribution < 1.29 is 18.4 Å². The quantitative estimate of drug-likeness (QED) is 0.339. The van der Waals surface area contributed by atoms with Gasteiger partial charge in [0, 0.05) is 5.69 Å². The molecule has 2 aromatic heterocycles. The zero-order valence-electron chi connectivity index (χ0n) is 20.0. The first-order chi connectivity index (χ1) is 18.0. The first kappa shape index (κ1) is 23.9. The summed E-state index contributed by atoms with van der Waals surface area (Å²) in [6.07, 6.45) is 1.52. The third-order valence-electron chi connectivity index (χ3n) is 6.05. The molecule has 0 aliphatic carbocycles. The van der Waals surface area contributed by atoms with Crippen LogP contribution in [0, 0.1) is 12.7 Å². The molecule has 0 aliphatic rings. The van der Waals surface area contributed by atoms with Gasteiger partial charge in [0.15, 0.2) is 0 Å². The molecule has 0 aliphatic heterocycles. The van der Waals surface area contributed by atoms with Crippen molar-refractivity contribution in [2.75, 3.05) is 4.90 Å². The molecular formula is C28H24FN5O3. The van der Waals surface area contributed by atoms with Crippen molar-refractivity contribution in [2.45, 2.75) is 26.1 Å². The van der Waals surface area contributed by atoms with Gasteiger partial charge in [0.2, 0.25) is 11.8 Å². The summed E-state index contributed by atoms with van der Waals surface area (Å²) in [5.74, 6) is -0.820. The van der Waals surface area contributed by atoms with Gasteiger partial charge in [-0.15, -0.1) is 5.10 Å². The molecule has 0 saturated carbocycles. The van der Waals surface area contributed by atoms with Crippen LogP contribution in [0.4, 0.5) is 10.1 Å². The third kappa shape index (κ3) is 5.11. The summed E-state index contributed by atoms with van der Waals surface area (Å²) in [7, 11) is 0. The van der Waals surface area contributed by atoms with Crippen molar-refractivity contribution in [3.05, 3.63) is 114 Å². The lowest BCUT2D eigenvalue weighted by atomic mass is 10.0. The standard InChI is InChI=1S/C28H24FN5O3/c1-19-13-14-21(16-23(19)29)34(26(35)18-33-25-12-6-5-11-24(25)31-32-33)27(20-8-3-2-4-9-20)28(36)30-17-22-10-7-15-37-22/h2-16,27H,17-18H2,1H3,(H,30,36)/t27-/m0/s1. The number of nitrogens with zero attached hydrogens (tertiary/aromatic N) is 4. The van der Waals surface area contributed by atoms with E-state index in [0.29, 0.717) is 27.9 Å². The maximum Gasteiger partial charge on any atom is 0.249 e. The highest BCUT2D eigenvalue weighted by Crippen LogP contribution is 2.30. The van der Waals surface area contributed by atoms with E-state index in [2.05, 4.69) is 15.6 Å². The number of carbonyl (C=O) groups excluding carboxylic acids is 2. The number of hydrogen-bond donors (Lipinski definition) is 1. The predicted octanol–water partition coefficient (Wildman–Crippen LogP) is 4.56. The van der Waals surface area contributed by atoms with Crippen LogP contribution >= 0.6 is 0 Å². The lowest BCUT2D eigenvalue weighted by Crippen LogP contribution is -2.45. The third-order valence-corrected chi connectivity index (χ3v) is 6.05. The number of furan rings is 1. The van der Waals surface area contributed by atoms with E-state index in [1.165, 1.54) is 21.9 Å². The molecule has 2 heterocycles. The van der Waals surface area contributed by atoms with Crippen LogP contribution in [0.1, 0.15) is 22.9 Å². The van der Waals surface area contributed by atoms with Gasteiger partial charge in [-0.1, -0.05) is 53.7 Å². The number of para-hydroxylation sites is 1. The molecule has 5 aromatic rings. The van der Waals surface area contributed by atoms with Gasteiger partial charge in [-0.2, -0.15) is 0 Å². The van der Waals surface area contributed by atoms with Crippen molar-refractivity contribution in [1.29, 1.82) is 0 Å². The second-order valence-corrected chi connectivity index (χ2v) is 8.54. The Morgan fingerprint density at radius 3 is 2.57 bits per heavy atom. The summed E-state index contributed by atoms with van der Waals surface area (Å²) >= 11 is 0. The number of amides is 2. The molecule has 1 N–H and O–H groups in total. The molecule has 3 aromatic carbocycles. The lowest BCUT2D eigenvalue weighted by Gasteiger charge is -2.31. The summed E-state index contributed by atoms with van der Waals surface area (Å²) in [6.45, 7) is 1.57. The largest absolute Gasteiger partial charge is 0.467 e. The van der Waals surface area contributed by atoms with Crippen molar-refractivity contribution >= 4 is 28.5 Å². The Kier molecular flexibility index (Phi) is 6.76. The van der Waals surface area contributed by atoms with Crippen LogP contribution in [0.3, 0.4) is 0 Å². The van der Waals surface area contributed by atoms with Crippen LogP contribution in [0.2, 0.25) is 0 Å². The molecule has 5 rings (SSSR count).